The molecule has 1 saturated heterocycles. The van der Waals surface area contributed by atoms with Gasteiger partial charge in [-0.15, -0.1) is 0 Å². The largest absolute Gasteiger partial charge is 0.387 e. The first kappa shape index (κ1) is 31.1. The molecule has 13 heteroatoms. The predicted octanol–water partition coefficient (Wildman–Crippen LogP) is 5.03. The van der Waals surface area contributed by atoms with Crippen molar-refractivity contribution in [1.82, 2.24) is 30.0 Å². The Labute approximate surface area is 279 Å². The smallest absolute Gasteiger partial charge is 0.323 e. The van der Waals surface area contributed by atoms with E-state index < -0.39 is 0 Å². The maximum absolute atomic E-state index is 13.8. The number of hydrogen-bond donors (Lipinski definition) is 2. The third-order valence-corrected chi connectivity index (χ3v) is 9.41. The normalized spacial score (nSPS) is 21.8. The first-order valence-electron chi connectivity index (χ1n) is 16.4. The fourth-order valence-corrected chi connectivity index (χ4v) is 6.96. The molecule has 246 valence electrons. The molecule has 1 unspecified atom stereocenters. The van der Waals surface area contributed by atoms with Gasteiger partial charge in [0.25, 0.3) is 0 Å². The van der Waals surface area contributed by atoms with Crippen molar-refractivity contribution in [2.24, 2.45) is 12.2 Å². The van der Waals surface area contributed by atoms with E-state index in [-0.39, 0.29) is 23.7 Å². The second kappa shape index (κ2) is 13.3. The van der Waals surface area contributed by atoms with E-state index in [1.807, 2.05) is 67.5 Å². The Kier molecular flexibility index (Phi) is 8.63. The summed E-state index contributed by atoms with van der Waals surface area (Å²) < 4.78 is 1.76. The van der Waals surface area contributed by atoms with Crippen molar-refractivity contribution in [2.45, 2.75) is 69.7 Å². The van der Waals surface area contributed by atoms with E-state index in [4.69, 9.17) is 14.8 Å². The maximum Gasteiger partial charge on any atom is 0.323 e. The maximum atomic E-state index is 13.8. The van der Waals surface area contributed by atoms with E-state index in [0.29, 0.717) is 36.2 Å². The molecule has 1 spiro atoms. The molecule has 2 N–H and O–H groups in total. The first-order valence-corrected chi connectivity index (χ1v) is 16.4. The molecular formula is C35H39N11O2. The summed E-state index contributed by atoms with van der Waals surface area (Å²) >= 11 is 0. The van der Waals surface area contributed by atoms with Crippen molar-refractivity contribution in [2.75, 3.05) is 28.2 Å². The van der Waals surface area contributed by atoms with Crippen molar-refractivity contribution >= 4 is 29.3 Å². The summed E-state index contributed by atoms with van der Waals surface area (Å²) in [6.45, 7) is 3.77. The van der Waals surface area contributed by atoms with E-state index in [1.165, 1.54) is 0 Å². The zero-order valence-corrected chi connectivity index (χ0v) is 27.2. The van der Waals surface area contributed by atoms with E-state index in [0.717, 1.165) is 67.5 Å². The highest BCUT2D eigenvalue weighted by Gasteiger charge is 2.45. The van der Waals surface area contributed by atoms with Crippen molar-refractivity contribution < 1.29 is 9.63 Å². The Morgan fingerprint density at radius 1 is 1.08 bits per heavy atom. The third kappa shape index (κ3) is 6.64. The second-order valence-electron chi connectivity index (χ2n) is 13.0. The van der Waals surface area contributed by atoms with Gasteiger partial charge in [0.15, 0.2) is 11.4 Å². The van der Waals surface area contributed by atoms with Gasteiger partial charge in [0.1, 0.15) is 17.5 Å². The molecule has 1 aliphatic carbocycles. The first-order chi connectivity index (χ1) is 23.4. The highest BCUT2D eigenvalue weighted by Crippen LogP contribution is 2.37. The minimum absolute atomic E-state index is 0.0362. The van der Waals surface area contributed by atoms with Crippen LogP contribution in [-0.2, 0) is 18.4 Å². The van der Waals surface area contributed by atoms with Gasteiger partial charge in [-0.05, 0) is 50.3 Å². The van der Waals surface area contributed by atoms with Gasteiger partial charge in [-0.3, -0.25) is 9.58 Å². The molecule has 2 amide bonds. The molecule has 13 nitrogen and oxygen atoms in total. The van der Waals surface area contributed by atoms with Crippen molar-refractivity contribution in [3.63, 3.8) is 0 Å². The molecule has 48 heavy (non-hydrogen) atoms. The molecule has 2 aliphatic heterocycles. The number of rotatable bonds is 8. The molecule has 3 aromatic heterocycles. The van der Waals surface area contributed by atoms with E-state index >= 15 is 0 Å². The molecule has 5 heterocycles. The molecule has 1 saturated carbocycles. The van der Waals surface area contributed by atoms with Crippen LogP contribution in [0.25, 0.3) is 11.1 Å². The summed E-state index contributed by atoms with van der Waals surface area (Å²) in [4.78, 5) is 37.5. The quantitative estimate of drug-likeness (QED) is 0.269. The molecule has 1 aromatic carbocycles. The molecule has 4 aromatic rings. The lowest BCUT2D eigenvalue weighted by molar-refractivity contribution is -0.000544. The lowest BCUT2D eigenvalue weighted by Crippen LogP contribution is -2.49. The fourth-order valence-electron chi connectivity index (χ4n) is 6.96. The number of aromatic nitrogens is 5. The Morgan fingerprint density at radius 2 is 1.92 bits per heavy atom. The van der Waals surface area contributed by atoms with Crippen LogP contribution in [0.4, 0.5) is 22.4 Å². The molecule has 2 fully saturated rings. The molecule has 0 radical (unpaired) electrons. The fraction of sp³-hybridized carbons (Fsp3) is 0.400. The number of aryl methyl sites for hydroxylation is 1. The molecule has 3 aliphatic rings. The predicted molar refractivity (Wildman–Crippen MR) is 182 cm³/mol. The van der Waals surface area contributed by atoms with Gasteiger partial charge in [-0.2, -0.15) is 15.3 Å². The number of oxime groups is 1. The van der Waals surface area contributed by atoms with Crippen molar-refractivity contribution in [3.05, 3.63) is 78.4 Å². The standard InChI is InChI=1S/C35H39N11O2/c1-24-16-35(48-43-24)14-15-45(23-35)32-27(17-36)20-38-33(42-32)41-29-9-11-30(12-10-29)46(34(47)39-18-25-6-4-3-5-7-25)31-13-8-26(19-37-31)28-21-40-44(2)22-28/h3-8,13,19-22,29-30H,9-12,14-16,18,23H2,1-2H3,(H,39,47)(H,38,41,42)/t29-,30-,35?. The Hall–Kier alpha value is -5.51. The molecular weight excluding hydrogens is 606 g/mol. The SMILES string of the molecule is CC1=NOC2(CCN(c3nc(N[C@H]4CC[C@H](N(C(=O)NCc5ccccc5)c5ccc(-c6cnn(C)c6)cn5)CC4)ncc3C#N)C2)C1. The van der Waals surface area contributed by atoms with Gasteiger partial charge in [-0.25, -0.2) is 14.8 Å². The van der Waals surface area contributed by atoms with Crippen LogP contribution < -0.4 is 20.4 Å². The molecule has 0 bridgehead atoms. The zero-order valence-electron chi connectivity index (χ0n) is 27.2. The second-order valence-corrected chi connectivity index (χ2v) is 13.0. The Balaban J connectivity index is 1.03. The molecule has 7 rings (SSSR count). The van der Waals surface area contributed by atoms with Crippen LogP contribution in [0.2, 0.25) is 0 Å². The van der Waals surface area contributed by atoms with Crippen molar-refractivity contribution in [3.8, 4) is 17.2 Å². The van der Waals surface area contributed by atoms with Crippen LogP contribution in [0.5, 0.6) is 0 Å². The van der Waals surface area contributed by atoms with E-state index in [1.54, 1.807) is 23.3 Å². The molecule has 1 atom stereocenters. The number of nitriles is 1. The zero-order chi connectivity index (χ0) is 33.1. The number of hydrogen-bond acceptors (Lipinski definition) is 10. The summed E-state index contributed by atoms with van der Waals surface area (Å²) in [6.07, 6.45) is 11.9. The highest BCUT2D eigenvalue weighted by atomic mass is 16.7. The number of carbonyl (C=O) groups excluding carboxylic acids is 1. The number of urea groups is 1. The number of nitrogens with one attached hydrogen (secondary N) is 2. The van der Waals surface area contributed by atoms with Crippen molar-refractivity contribution in [1.29, 1.82) is 5.26 Å². The van der Waals surface area contributed by atoms with Crippen LogP contribution in [-0.4, -0.2) is 67.2 Å². The minimum Gasteiger partial charge on any atom is -0.387 e. The minimum atomic E-state index is -0.346. The Bertz CT molecular complexity index is 1830. The summed E-state index contributed by atoms with van der Waals surface area (Å²) in [5.41, 5.74) is 4.02. The number of pyridine rings is 1. The number of nitrogens with zero attached hydrogens (tertiary/aromatic N) is 9. The lowest BCUT2D eigenvalue weighted by atomic mass is 9.90. The number of carbonyl (C=O) groups is 1. The number of amides is 2. The van der Waals surface area contributed by atoms with Crippen LogP contribution >= 0.6 is 0 Å². The van der Waals surface area contributed by atoms with Crippen LogP contribution in [0.1, 0.15) is 56.6 Å². The van der Waals surface area contributed by atoms with Crippen LogP contribution in [0, 0.1) is 11.3 Å². The third-order valence-electron chi connectivity index (χ3n) is 9.41. The summed E-state index contributed by atoms with van der Waals surface area (Å²) in [6, 6.07) is 16.0. The average molecular weight is 646 g/mol. The Morgan fingerprint density at radius 3 is 2.60 bits per heavy atom. The van der Waals surface area contributed by atoms with Gasteiger partial charge >= 0.3 is 6.03 Å². The van der Waals surface area contributed by atoms with E-state index in [2.05, 4.69) is 36.8 Å². The number of benzene rings is 1. The monoisotopic (exact) mass is 645 g/mol. The highest BCUT2D eigenvalue weighted by molar-refractivity contribution is 5.91. The average Bonchev–Trinajstić information content (AvgIpc) is 3.85. The van der Waals surface area contributed by atoms with Gasteiger partial charge < -0.3 is 20.4 Å². The van der Waals surface area contributed by atoms with Gasteiger partial charge in [0.05, 0.1) is 24.7 Å². The number of anilines is 3. The summed E-state index contributed by atoms with van der Waals surface area (Å²) in [5.74, 6) is 1.73. The van der Waals surface area contributed by atoms with Gasteiger partial charge in [0, 0.05) is 68.6 Å². The lowest BCUT2D eigenvalue weighted by Gasteiger charge is -2.36. The van der Waals surface area contributed by atoms with Crippen LogP contribution in [0.15, 0.2) is 72.4 Å². The van der Waals surface area contributed by atoms with E-state index in [9.17, 15) is 10.1 Å². The van der Waals surface area contributed by atoms with Gasteiger partial charge in [-0.1, -0.05) is 35.5 Å². The van der Waals surface area contributed by atoms with Crippen LogP contribution in [0.3, 0.4) is 0 Å². The summed E-state index contributed by atoms with van der Waals surface area (Å²) in [5, 5.41) is 24.9. The van der Waals surface area contributed by atoms with Gasteiger partial charge in [0.2, 0.25) is 5.95 Å². The topological polar surface area (TPSA) is 149 Å². The summed E-state index contributed by atoms with van der Waals surface area (Å²) in [7, 11) is 1.88.